The van der Waals surface area contributed by atoms with Gasteiger partial charge in [0.2, 0.25) is 5.91 Å². The van der Waals surface area contributed by atoms with Gasteiger partial charge in [-0.25, -0.2) is 0 Å². The fraction of sp³-hybridized carbons (Fsp3) is 0.625. The molecular formula is C8H14BrNO2. The number of carbonyl (C=O) groups excluding carboxylic acids is 1. The number of rotatable bonds is 3. The number of hydrogen-bond donors (Lipinski definition) is 2. The molecule has 0 aliphatic heterocycles. The van der Waals surface area contributed by atoms with Crippen LogP contribution in [0.2, 0.25) is 0 Å². The first kappa shape index (κ1) is 11.6. The number of halogens is 1. The largest absolute Gasteiger partial charge is 0.394 e. The summed E-state index contributed by atoms with van der Waals surface area (Å²) in [7, 11) is 0. The molecule has 0 saturated carbocycles. The highest BCUT2D eigenvalue weighted by molar-refractivity contribution is 9.11. The lowest BCUT2D eigenvalue weighted by molar-refractivity contribution is -0.119. The minimum atomic E-state index is -0.561. The normalized spacial score (nSPS) is 12.9. The second kappa shape index (κ2) is 4.62. The van der Waals surface area contributed by atoms with Gasteiger partial charge in [0.25, 0.3) is 0 Å². The zero-order chi connectivity index (χ0) is 9.78. The molecule has 0 aromatic carbocycles. The Labute approximate surface area is 81.0 Å². The third-order valence-electron chi connectivity index (χ3n) is 1.37. The second-order valence-electron chi connectivity index (χ2n) is 3.29. The highest BCUT2D eigenvalue weighted by atomic mass is 79.9. The summed E-state index contributed by atoms with van der Waals surface area (Å²) in [6.45, 7) is 5.13. The van der Waals surface area contributed by atoms with Gasteiger partial charge in [0.1, 0.15) is 0 Å². The summed E-state index contributed by atoms with van der Waals surface area (Å²) < 4.78 is 0. The van der Waals surface area contributed by atoms with Crippen LogP contribution in [0, 0.1) is 0 Å². The van der Waals surface area contributed by atoms with Gasteiger partial charge in [-0.15, -0.1) is 0 Å². The van der Waals surface area contributed by atoms with Crippen LogP contribution in [0.4, 0.5) is 0 Å². The van der Waals surface area contributed by atoms with Gasteiger partial charge in [-0.2, -0.15) is 0 Å². The minimum absolute atomic E-state index is 0.0751. The molecule has 3 nitrogen and oxygen atoms in total. The Hall–Kier alpha value is -0.350. The first-order valence-corrected chi connectivity index (χ1v) is 4.55. The fourth-order valence-electron chi connectivity index (χ4n) is 0.495. The standard InChI is InChI=1S/C8H14BrNO2/c1-6(4-9)7(12)10-8(2,3)5-11/h4,11H,5H2,1-3H3,(H,10,12)/b6-4+. The van der Waals surface area contributed by atoms with Crippen LogP contribution in [0.3, 0.4) is 0 Å². The number of carbonyl (C=O) groups is 1. The molecule has 0 atom stereocenters. The second-order valence-corrected chi connectivity index (χ2v) is 3.75. The van der Waals surface area contributed by atoms with Gasteiger partial charge < -0.3 is 10.4 Å². The van der Waals surface area contributed by atoms with Gasteiger partial charge in [-0.3, -0.25) is 4.79 Å². The molecule has 4 heteroatoms. The van der Waals surface area contributed by atoms with E-state index in [-0.39, 0.29) is 12.5 Å². The molecule has 12 heavy (non-hydrogen) atoms. The van der Waals surface area contributed by atoms with Gasteiger partial charge in [0, 0.05) is 5.57 Å². The molecule has 0 aliphatic rings. The Balaban J connectivity index is 4.19. The van der Waals surface area contributed by atoms with Crippen molar-refractivity contribution in [2.24, 2.45) is 0 Å². The van der Waals surface area contributed by atoms with Crippen LogP contribution in [-0.4, -0.2) is 23.2 Å². The van der Waals surface area contributed by atoms with Crippen molar-refractivity contribution in [2.75, 3.05) is 6.61 Å². The van der Waals surface area contributed by atoms with Crippen LogP contribution in [0.5, 0.6) is 0 Å². The molecule has 0 unspecified atom stereocenters. The molecule has 1 amide bonds. The van der Waals surface area contributed by atoms with E-state index in [9.17, 15) is 4.79 Å². The maximum atomic E-state index is 11.2. The lowest BCUT2D eigenvalue weighted by atomic mass is 10.1. The Morgan fingerprint density at radius 3 is 2.50 bits per heavy atom. The van der Waals surface area contributed by atoms with E-state index >= 15 is 0 Å². The smallest absolute Gasteiger partial charge is 0.247 e. The van der Waals surface area contributed by atoms with Crippen molar-refractivity contribution in [1.29, 1.82) is 0 Å². The molecule has 0 fully saturated rings. The van der Waals surface area contributed by atoms with E-state index in [0.29, 0.717) is 5.57 Å². The number of aliphatic hydroxyl groups is 1. The summed E-state index contributed by atoms with van der Waals surface area (Å²) in [6.07, 6.45) is 0. The van der Waals surface area contributed by atoms with Crippen molar-refractivity contribution >= 4 is 21.8 Å². The van der Waals surface area contributed by atoms with Crippen LogP contribution in [0.15, 0.2) is 10.6 Å². The van der Waals surface area contributed by atoms with Gasteiger partial charge in [-0.1, -0.05) is 15.9 Å². The topological polar surface area (TPSA) is 49.3 Å². The van der Waals surface area contributed by atoms with Crippen molar-refractivity contribution in [3.05, 3.63) is 10.6 Å². The maximum absolute atomic E-state index is 11.2. The summed E-state index contributed by atoms with van der Waals surface area (Å²) in [6, 6.07) is 0. The van der Waals surface area contributed by atoms with Crippen molar-refractivity contribution in [2.45, 2.75) is 26.3 Å². The van der Waals surface area contributed by atoms with E-state index < -0.39 is 5.54 Å². The number of hydrogen-bond acceptors (Lipinski definition) is 2. The highest BCUT2D eigenvalue weighted by Gasteiger charge is 2.19. The quantitative estimate of drug-likeness (QED) is 0.722. The van der Waals surface area contributed by atoms with Gasteiger partial charge >= 0.3 is 0 Å². The lowest BCUT2D eigenvalue weighted by Crippen LogP contribution is -2.46. The van der Waals surface area contributed by atoms with Crippen molar-refractivity contribution in [3.63, 3.8) is 0 Å². The van der Waals surface area contributed by atoms with E-state index in [1.807, 2.05) is 0 Å². The summed E-state index contributed by atoms with van der Waals surface area (Å²) in [4.78, 5) is 12.8. The molecule has 0 bridgehead atoms. The lowest BCUT2D eigenvalue weighted by Gasteiger charge is -2.23. The molecule has 0 heterocycles. The first-order chi connectivity index (χ1) is 5.43. The fourth-order valence-corrected chi connectivity index (χ4v) is 0.703. The molecule has 70 valence electrons. The molecule has 0 aromatic rings. The third-order valence-corrected chi connectivity index (χ3v) is 2.06. The average Bonchev–Trinajstić information content (AvgIpc) is 2.02. The van der Waals surface area contributed by atoms with Crippen molar-refractivity contribution < 1.29 is 9.90 Å². The number of aliphatic hydroxyl groups excluding tert-OH is 1. The van der Waals surface area contributed by atoms with E-state index in [1.54, 1.807) is 25.8 Å². The molecule has 0 radical (unpaired) electrons. The minimum Gasteiger partial charge on any atom is -0.394 e. The third kappa shape index (κ3) is 3.88. The monoisotopic (exact) mass is 235 g/mol. The molecular weight excluding hydrogens is 222 g/mol. The zero-order valence-corrected chi connectivity index (χ0v) is 9.10. The molecule has 0 aliphatic carbocycles. The van der Waals surface area contributed by atoms with Crippen molar-refractivity contribution in [3.8, 4) is 0 Å². The molecule has 2 N–H and O–H groups in total. The Bertz CT molecular complexity index is 199. The molecule has 0 rings (SSSR count). The molecule has 0 spiro atoms. The van der Waals surface area contributed by atoms with Gasteiger partial charge in [-0.05, 0) is 25.8 Å². The van der Waals surface area contributed by atoms with Crippen LogP contribution in [-0.2, 0) is 4.79 Å². The number of amides is 1. The van der Waals surface area contributed by atoms with Crippen LogP contribution >= 0.6 is 15.9 Å². The Morgan fingerprint density at radius 1 is 1.67 bits per heavy atom. The predicted octanol–water partition coefficient (Wildman–Crippen LogP) is 1.17. The zero-order valence-electron chi connectivity index (χ0n) is 7.52. The summed E-state index contributed by atoms with van der Waals surface area (Å²) >= 11 is 3.06. The van der Waals surface area contributed by atoms with Crippen LogP contribution in [0.1, 0.15) is 20.8 Å². The van der Waals surface area contributed by atoms with Crippen LogP contribution in [0.25, 0.3) is 0 Å². The van der Waals surface area contributed by atoms with E-state index in [4.69, 9.17) is 5.11 Å². The van der Waals surface area contributed by atoms with Crippen molar-refractivity contribution in [1.82, 2.24) is 5.32 Å². The summed E-state index contributed by atoms with van der Waals surface area (Å²) in [5.41, 5.74) is 0.0190. The van der Waals surface area contributed by atoms with Crippen LogP contribution < -0.4 is 5.32 Å². The first-order valence-electron chi connectivity index (χ1n) is 3.63. The Morgan fingerprint density at radius 2 is 2.17 bits per heavy atom. The number of nitrogens with one attached hydrogen (secondary N) is 1. The van der Waals surface area contributed by atoms with Gasteiger partial charge in [0.15, 0.2) is 0 Å². The summed E-state index contributed by atoms with van der Waals surface area (Å²) in [5, 5.41) is 11.5. The molecule has 0 aromatic heterocycles. The van der Waals surface area contributed by atoms with Gasteiger partial charge in [0.05, 0.1) is 12.1 Å². The average molecular weight is 236 g/mol. The summed E-state index contributed by atoms with van der Waals surface area (Å²) in [5.74, 6) is -0.175. The Kier molecular flexibility index (Phi) is 4.49. The maximum Gasteiger partial charge on any atom is 0.247 e. The van der Waals surface area contributed by atoms with E-state index in [0.717, 1.165) is 0 Å². The van der Waals surface area contributed by atoms with E-state index in [1.165, 1.54) is 0 Å². The van der Waals surface area contributed by atoms with E-state index in [2.05, 4.69) is 21.2 Å². The highest BCUT2D eigenvalue weighted by Crippen LogP contribution is 2.03. The SMILES string of the molecule is C/C(=C\Br)C(=O)NC(C)(C)CO. The predicted molar refractivity (Wildman–Crippen MR) is 52.0 cm³/mol. The molecule has 0 saturated heterocycles.